The van der Waals surface area contributed by atoms with Gasteiger partial charge in [0.05, 0.1) is 5.56 Å². The van der Waals surface area contributed by atoms with Gasteiger partial charge in [-0.2, -0.15) is 13.2 Å². The zero-order chi connectivity index (χ0) is 16.3. The van der Waals surface area contributed by atoms with E-state index < -0.39 is 11.7 Å². The van der Waals surface area contributed by atoms with Crippen molar-refractivity contribution >= 4 is 17.5 Å². The Kier molecular flexibility index (Phi) is 5.34. The molecule has 1 aliphatic heterocycles. The lowest BCUT2D eigenvalue weighted by molar-refractivity contribution is -0.137. The minimum Gasteiger partial charge on any atom is -0.341 e. The van der Waals surface area contributed by atoms with Crippen LogP contribution in [0.5, 0.6) is 0 Å². The number of amides is 1. The molecule has 1 N–H and O–H groups in total. The summed E-state index contributed by atoms with van der Waals surface area (Å²) in [5.74, 6) is 0.0985. The van der Waals surface area contributed by atoms with Crippen molar-refractivity contribution in [1.82, 2.24) is 10.2 Å². The third-order valence-corrected chi connectivity index (χ3v) is 4.17. The molecule has 0 saturated carbocycles. The van der Waals surface area contributed by atoms with Crippen molar-refractivity contribution in [3.05, 3.63) is 34.3 Å². The number of hydrogen-bond donors (Lipinski definition) is 1. The molecule has 0 unspecified atom stereocenters. The predicted octanol–water partition coefficient (Wildman–Crippen LogP) is 3.46. The van der Waals surface area contributed by atoms with Gasteiger partial charge in [-0.1, -0.05) is 18.5 Å². The highest BCUT2D eigenvalue weighted by Crippen LogP contribution is 2.31. The molecule has 1 saturated heterocycles. The van der Waals surface area contributed by atoms with Gasteiger partial charge in [0.15, 0.2) is 0 Å². The largest absolute Gasteiger partial charge is 0.416 e. The fourth-order valence-corrected chi connectivity index (χ4v) is 2.70. The molecule has 122 valence electrons. The van der Waals surface area contributed by atoms with Crippen molar-refractivity contribution < 1.29 is 18.0 Å². The molecule has 3 nitrogen and oxygen atoms in total. The molecule has 1 fully saturated rings. The molecule has 0 aromatic heterocycles. The van der Waals surface area contributed by atoms with Crippen LogP contribution in [0.4, 0.5) is 13.2 Å². The van der Waals surface area contributed by atoms with E-state index in [1.165, 1.54) is 6.07 Å². The lowest BCUT2D eigenvalue weighted by Crippen LogP contribution is -2.34. The van der Waals surface area contributed by atoms with Crippen LogP contribution >= 0.6 is 11.6 Å². The van der Waals surface area contributed by atoms with E-state index >= 15 is 0 Å². The second kappa shape index (κ2) is 6.87. The average molecular weight is 335 g/mol. The van der Waals surface area contributed by atoms with Gasteiger partial charge >= 0.3 is 6.18 Å². The molecule has 0 spiro atoms. The summed E-state index contributed by atoms with van der Waals surface area (Å²) < 4.78 is 38.1. The molecule has 1 aromatic carbocycles. The molecular formula is C15H18ClF3N2O. The van der Waals surface area contributed by atoms with E-state index in [4.69, 9.17) is 11.6 Å². The number of benzene rings is 1. The van der Waals surface area contributed by atoms with Crippen LogP contribution in [0, 0.1) is 0 Å². The highest BCUT2D eigenvalue weighted by molar-refractivity contribution is 6.31. The Hall–Kier alpha value is -1.27. The zero-order valence-corrected chi connectivity index (χ0v) is 13.0. The number of carbonyl (C=O) groups excluding carboxylic acids is 1. The maximum Gasteiger partial charge on any atom is 0.416 e. The number of alkyl halides is 3. The van der Waals surface area contributed by atoms with Gasteiger partial charge in [0.2, 0.25) is 5.91 Å². The lowest BCUT2D eigenvalue weighted by Gasteiger charge is -2.17. The molecule has 2 rings (SSSR count). The van der Waals surface area contributed by atoms with E-state index in [0.29, 0.717) is 30.1 Å². The summed E-state index contributed by atoms with van der Waals surface area (Å²) in [5.41, 5.74) is -0.292. The second-order valence-corrected chi connectivity index (χ2v) is 5.77. The molecule has 0 radical (unpaired) electrons. The third kappa shape index (κ3) is 4.14. The molecule has 7 heteroatoms. The summed E-state index contributed by atoms with van der Waals surface area (Å²) in [4.78, 5) is 13.4. The first-order valence-electron chi connectivity index (χ1n) is 7.18. The maximum atomic E-state index is 12.7. The fraction of sp³-hybridized carbons (Fsp3) is 0.533. The van der Waals surface area contributed by atoms with Gasteiger partial charge in [-0.05, 0) is 30.2 Å². The Bertz CT molecular complexity index is 548. The van der Waals surface area contributed by atoms with Crippen molar-refractivity contribution in [3.63, 3.8) is 0 Å². The average Bonchev–Trinajstić information content (AvgIpc) is 2.93. The van der Waals surface area contributed by atoms with Crippen LogP contribution in [0.3, 0.4) is 0 Å². The highest BCUT2D eigenvalue weighted by atomic mass is 35.5. The van der Waals surface area contributed by atoms with Gasteiger partial charge in [0.1, 0.15) is 0 Å². The molecule has 1 heterocycles. The summed E-state index contributed by atoms with van der Waals surface area (Å²) in [6, 6.07) is 3.40. The first kappa shape index (κ1) is 17.1. The number of halogens is 4. The topological polar surface area (TPSA) is 32.3 Å². The van der Waals surface area contributed by atoms with Gasteiger partial charge in [-0.25, -0.2) is 0 Å². The van der Waals surface area contributed by atoms with Crippen molar-refractivity contribution in [2.24, 2.45) is 0 Å². The Morgan fingerprint density at radius 3 is 2.82 bits per heavy atom. The van der Waals surface area contributed by atoms with Crippen LogP contribution in [0.2, 0.25) is 5.02 Å². The standard InChI is InChI=1S/C15H18ClF3N2O/c1-2-14(22)21-6-5-12(9-21)20-8-10-7-11(15(17,18)19)3-4-13(10)16/h3-4,7,12,20H,2,5-6,8-9H2,1H3/t12-/m1/s1. The quantitative estimate of drug-likeness (QED) is 0.914. The molecular weight excluding hydrogens is 317 g/mol. The van der Waals surface area contributed by atoms with Gasteiger partial charge in [-0.3, -0.25) is 4.79 Å². The summed E-state index contributed by atoms with van der Waals surface area (Å²) in [6.45, 7) is 3.33. The van der Waals surface area contributed by atoms with E-state index in [0.717, 1.165) is 18.6 Å². The monoisotopic (exact) mass is 334 g/mol. The summed E-state index contributed by atoms with van der Waals surface area (Å²) >= 11 is 5.96. The Morgan fingerprint density at radius 2 is 2.18 bits per heavy atom. The van der Waals surface area contributed by atoms with E-state index in [2.05, 4.69) is 5.32 Å². The molecule has 22 heavy (non-hydrogen) atoms. The number of rotatable bonds is 4. The fourth-order valence-electron chi connectivity index (χ4n) is 2.52. The molecule has 0 aliphatic carbocycles. The molecule has 1 amide bonds. The number of likely N-dealkylation sites (tertiary alicyclic amines) is 1. The number of carbonyl (C=O) groups is 1. The lowest BCUT2D eigenvalue weighted by atomic mass is 10.1. The van der Waals surface area contributed by atoms with Crippen molar-refractivity contribution in [2.75, 3.05) is 13.1 Å². The van der Waals surface area contributed by atoms with E-state index in [1.807, 2.05) is 6.92 Å². The second-order valence-electron chi connectivity index (χ2n) is 5.36. The number of nitrogens with one attached hydrogen (secondary N) is 1. The van der Waals surface area contributed by atoms with E-state index in [1.54, 1.807) is 4.90 Å². The maximum absolute atomic E-state index is 12.7. The van der Waals surface area contributed by atoms with Gasteiger partial charge in [0, 0.05) is 37.1 Å². The minimum atomic E-state index is -4.38. The van der Waals surface area contributed by atoms with Crippen molar-refractivity contribution in [2.45, 2.75) is 38.5 Å². The highest BCUT2D eigenvalue weighted by Gasteiger charge is 2.31. The predicted molar refractivity (Wildman–Crippen MR) is 78.6 cm³/mol. The molecule has 1 aliphatic rings. The van der Waals surface area contributed by atoms with Crippen LogP contribution in [0.1, 0.15) is 30.9 Å². The van der Waals surface area contributed by atoms with Crippen LogP contribution < -0.4 is 5.32 Å². The normalized spacial score (nSPS) is 18.8. The summed E-state index contributed by atoms with van der Waals surface area (Å²) in [5, 5.41) is 3.49. The Labute approximate surface area is 132 Å². The van der Waals surface area contributed by atoms with Crippen LogP contribution in [0.25, 0.3) is 0 Å². The van der Waals surface area contributed by atoms with Gasteiger partial charge in [-0.15, -0.1) is 0 Å². The minimum absolute atomic E-state index is 0.0844. The van der Waals surface area contributed by atoms with Crippen LogP contribution in [-0.2, 0) is 17.5 Å². The first-order chi connectivity index (χ1) is 10.3. The smallest absolute Gasteiger partial charge is 0.341 e. The molecule has 1 atom stereocenters. The number of hydrogen-bond acceptors (Lipinski definition) is 2. The van der Waals surface area contributed by atoms with Crippen molar-refractivity contribution in [3.8, 4) is 0 Å². The number of nitrogens with zero attached hydrogens (tertiary/aromatic N) is 1. The van der Waals surface area contributed by atoms with E-state index in [9.17, 15) is 18.0 Å². The van der Waals surface area contributed by atoms with Crippen LogP contribution in [0.15, 0.2) is 18.2 Å². The first-order valence-corrected chi connectivity index (χ1v) is 7.56. The molecule has 1 aromatic rings. The third-order valence-electron chi connectivity index (χ3n) is 3.80. The summed E-state index contributed by atoms with van der Waals surface area (Å²) in [7, 11) is 0. The van der Waals surface area contributed by atoms with Crippen molar-refractivity contribution in [1.29, 1.82) is 0 Å². The SMILES string of the molecule is CCC(=O)N1CC[C@@H](NCc2cc(C(F)(F)F)ccc2Cl)C1. The molecule has 0 bridgehead atoms. The van der Waals surface area contributed by atoms with Gasteiger partial charge in [0.25, 0.3) is 0 Å². The van der Waals surface area contributed by atoms with E-state index in [-0.39, 0.29) is 18.5 Å². The zero-order valence-electron chi connectivity index (χ0n) is 12.2. The Balaban J connectivity index is 1.96. The Morgan fingerprint density at radius 1 is 1.45 bits per heavy atom. The van der Waals surface area contributed by atoms with Gasteiger partial charge < -0.3 is 10.2 Å². The summed E-state index contributed by atoms with van der Waals surface area (Å²) in [6.07, 6.45) is -3.12. The van der Waals surface area contributed by atoms with Crippen LogP contribution in [-0.4, -0.2) is 29.9 Å².